The maximum atomic E-state index is 14.8. The third kappa shape index (κ3) is 4.13. The Morgan fingerprint density at radius 2 is 1.90 bits per heavy atom. The SMILES string of the molecule is CCOc1ccc(C2(O)CC3COCC(C2)N3C(=O)OCc2ccccc2)c(F)c1. The Morgan fingerprint density at radius 1 is 1.20 bits per heavy atom. The minimum Gasteiger partial charge on any atom is -0.494 e. The highest BCUT2D eigenvalue weighted by molar-refractivity contribution is 5.69. The van der Waals surface area contributed by atoms with Crippen LogP contribution in [0.2, 0.25) is 0 Å². The maximum absolute atomic E-state index is 14.8. The predicted molar refractivity (Wildman–Crippen MR) is 108 cm³/mol. The van der Waals surface area contributed by atoms with Crippen LogP contribution >= 0.6 is 0 Å². The molecule has 2 fully saturated rings. The Labute approximate surface area is 175 Å². The van der Waals surface area contributed by atoms with E-state index in [9.17, 15) is 14.3 Å². The molecule has 7 heteroatoms. The van der Waals surface area contributed by atoms with Crippen molar-refractivity contribution in [2.24, 2.45) is 0 Å². The second kappa shape index (κ2) is 8.62. The van der Waals surface area contributed by atoms with Crippen molar-refractivity contribution < 1.29 is 28.5 Å². The molecule has 2 bridgehead atoms. The zero-order valence-electron chi connectivity index (χ0n) is 16.9. The molecule has 2 atom stereocenters. The standard InChI is InChI=1S/C23H26FNO5/c1-2-29-19-8-9-20(21(24)10-19)23(27)11-17-14-28-15-18(12-23)25(17)22(26)30-13-16-6-4-3-5-7-16/h3-10,17-18,27H,2,11-15H2,1H3. The number of carbonyl (C=O) groups excluding carboxylic acids is 1. The van der Waals surface area contributed by atoms with Crippen LogP contribution in [0.15, 0.2) is 48.5 Å². The summed E-state index contributed by atoms with van der Waals surface area (Å²) in [4.78, 5) is 14.4. The highest BCUT2D eigenvalue weighted by Gasteiger charge is 2.50. The first-order chi connectivity index (χ1) is 14.5. The van der Waals surface area contributed by atoms with Crippen LogP contribution in [0, 0.1) is 5.82 Å². The average molecular weight is 415 g/mol. The summed E-state index contributed by atoms with van der Waals surface area (Å²) >= 11 is 0. The van der Waals surface area contributed by atoms with Gasteiger partial charge in [0.15, 0.2) is 0 Å². The first-order valence-electron chi connectivity index (χ1n) is 10.2. The summed E-state index contributed by atoms with van der Waals surface area (Å²) in [5.41, 5.74) is -0.262. The van der Waals surface area contributed by atoms with Crippen molar-refractivity contribution in [1.29, 1.82) is 0 Å². The van der Waals surface area contributed by atoms with E-state index in [2.05, 4.69) is 0 Å². The highest BCUT2D eigenvalue weighted by atomic mass is 19.1. The molecule has 0 spiro atoms. The highest BCUT2D eigenvalue weighted by Crippen LogP contribution is 2.42. The lowest BCUT2D eigenvalue weighted by atomic mass is 9.77. The number of aliphatic hydroxyl groups is 1. The Morgan fingerprint density at radius 3 is 2.53 bits per heavy atom. The fourth-order valence-corrected chi connectivity index (χ4v) is 4.42. The van der Waals surface area contributed by atoms with Gasteiger partial charge in [-0.15, -0.1) is 0 Å². The molecule has 4 rings (SSSR count). The summed E-state index contributed by atoms with van der Waals surface area (Å²) in [5.74, 6) is -0.0876. The van der Waals surface area contributed by atoms with Crippen LogP contribution in [0.5, 0.6) is 5.75 Å². The Balaban J connectivity index is 1.49. The van der Waals surface area contributed by atoms with Gasteiger partial charge in [-0.1, -0.05) is 30.3 Å². The van der Waals surface area contributed by atoms with Crippen LogP contribution < -0.4 is 4.74 Å². The fraction of sp³-hybridized carbons (Fsp3) is 0.435. The van der Waals surface area contributed by atoms with E-state index in [1.807, 2.05) is 37.3 Å². The van der Waals surface area contributed by atoms with E-state index < -0.39 is 29.6 Å². The second-order valence-corrected chi connectivity index (χ2v) is 7.81. The van der Waals surface area contributed by atoms with Gasteiger partial charge in [0.1, 0.15) is 18.2 Å². The van der Waals surface area contributed by atoms with E-state index in [1.54, 1.807) is 17.0 Å². The number of morpholine rings is 1. The molecule has 2 aromatic carbocycles. The normalized spacial score (nSPS) is 25.6. The number of piperidine rings is 1. The largest absolute Gasteiger partial charge is 0.494 e. The minimum absolute atomic E-state index is 0.175. The Kier molecular flexibility index (Phi) is 5.92. The van der Waals surface area contributed by atoms with Crippen LogP contribution in [-0.2, 0) is 21.7 Å². The summed E-state index contributed by atoms with van der Waals surface area (Å²) in [6.45, 7) is 2.99. The molecule has 0 radical (unpaired) electrons. The number of nitrogens with zero attached hydrogens (tertiary/aromatic N) is 1. The van der Waals surface area contributed by atoms with Gasteiger partial charge in [-0.25, -0.2) is 9.18 Å². The summed E-state index contributed by atoms with van der Waals surface area (Å²) in [6, 6.07) is 13.2. The monoisotopic (exact) mass is 415 g/mol. The number of rotatable bonds is 5. The number of halogens is 1. The van der Waals surface area contributed by atoms with E-state index in [4.69, 9.17) is 14.2 Å². The fourth-order valence-electron chi connectivity index (χ4n) is 4.42. The number of carbonyl (C=O) groups is 1. The number of ether oxygens (including phenoxy) is 3. The molecule has 0 saturated carbocycles. The van der Waals surface area contributed by atoms with E-state index in [1.165, 1.54) is 6.07 Å². The van der Waals surface area contributed by atoms with Gasteiger partial charge in [-0.2, -0.15) is 0 Å². The van der Waals surface area contributed by atoms with E-state index in [-0.39, 0.29) is 38.2 Å². The number of fused-ring (bicyclic) bond motifs is 2. The molecule has 6 nitrogen and oxygen atoms in total. The van der Waals surface area contributed by atoms with Crippen molar-refractivity contribution in [3.05, 3.63) is 65.5 Å². The molecule has 30 heavy (non-hydrogen) atoms. The summed E-state index contributed by atoms with van der Waals surface area (Å²) in [6.07, 6.45) is -0.0877. The van der Waals surface area contributed by atoms with Gasteiger partial charge in [0.25, 0.3) is 0 Å². The van der Waals surface area contributed by atoms with Gasteiger partial charge in [0, 0.05) is 24.5 Å². The van der Waals surface area contributed by atoms with Crippen molar-refractivity contribution in [3.8, 4) is 5.75 Å². The molecule has 2 saturated heterocycles. The molecule has 2 unspecified atom stereocenters. The molecule has 0 aliphatic carbocycles. The van der Waals surface area contributed by atoms with Crippen LogP contribution in [0.3, 0.4) is 0 Å². The van der Waals surface area contributed by atoms with Gasteiger partial charge >= 0.3 is 6.09 Å². The first-order valence-corrected chi connectivity index (χ1v) is 10.2. The van der Waals surface area contributed by atoms with Gasteiger partial charge in [0.05, 0.1) is 37.5 Å². The smallest absolute Gasteiger partial charge is 0.410 e. The molecule has 2 aliphatic rings. The minimum atomic E-state index is -1.38. The number of benzene rings is 2. The predicted octanol–water partition coefficient (Wildman–Crippen LogP) is 3.61. The van der Waals surface area contributed by atoms with Crippen molar-refractivity contribution in [3.63, 3.8) is 0 Å². The lowest BCUT2D eigenvalue weighted by Gasteiger charge is -2.51. The maximum Gasteiger partial charge on any atom is 0.410 e. The second-order valence-electron chi connectivity index (χ2n) is 7.81. The van der Waals surface area contributed by atoms with Crippen LogP contribution in [0.4, 0.5) is 9.18 Å². The Bertz CT molecular complexity index is 876. The van der Waals surface area contributed by atoms with E-state index in [0.717, 1.165) is 5.56 Å². The summed E-state index contributed by atoms with van der Waals surface area (Å²) in [5, 5.41) is 11.3. The average Bonchev–Trinajstić information content (AvgIpc) is 2.72. The van der Waals surface area contributed by atoms with Gasteiger partial charge in [0.2, 0.25) is 0 Å². The molecular weight excluding hydrogens is 389 g/mol. The van der Waals surface area contributed by atoms with Crippen molar-refractivity contribution >= 4 is 6.09 Å². The zero-order valence-corrected chi connectivity index (χ0v) is 16.9. The summed E-state index contributed by atoms with van der Waals surface area (Å²) in [7, 11) is 0. The van der Waals surface area contributed by atoms with Gasteiger partial charge < -0.3 is 19.3 Å². The first kappa shape index (κ1) is 20.6. The topological polar surface area (TPSA) is 68.2 Å². The Hall–Kier alpha value is -2.64. The quantitative estimate of drug-likeness (QED) is 0.808. The molecule has 160 valence electrons. The van der Waals surface area contributed by atoms with E-state index in [0.29, 0.717) is 12.4 Å². The molecule has 1 amide bonds. The lowest BCUT2D eigenvalue weighted by molar-refractivity contribution is -0.137. The summed E-state index contributed by atoms with van der Waals surface area (Å²) < 4.78 is 31.2. The van der Waals surface area contributed by atoms with Gasteiger partial charge in [-0.05, 0) is 24.6 Å². The lowest BCUT2D eigenvalue weighted by Crippen LogP contribution is -2.62. The van der Waals surface area contributed by atoms with Gasteiger partial charge in [-0.3, -0.25) is 4.90 Å². The van der Waals surface area contributed by atoms with Crippen LogP contribution in [-0.4, -0.2) is 48.0 Å². The third-order valence-corrected chi connectivity index (χ3v) is 5.72. The molecular formula is C23H26FNO5. The van der Waals surface area contributed by atoms with E-state index >= 15 is 0 Å². The molecule has 0 aromatic heterocycles. The van der Waals surface area contributed by atoms with Crippen molar-refractivity contribution in [1.82, 2.24) is 4.90 Å². The number of amides is 1. The molecule has 2 heterocycles. The number of hydrogen-bond donors (Lipinski definition) is 1. The number of hydrogen-bond acceptors (Lipinski definition) is 5. The third-order valence-electron chi connectivity index (χ3n) is 5.72. The van der Waals surface area contributed by atoms with Crippen LogP contribution in [0.25, 0.3) is 0 Å². The zero-order chi connectivity index (χ0) is 21.1. The molecule has 2 aliphatic heterocycles. The van der Waals surface area contributed by atoms with Crippen LogP contribution in [0.1, 0.15) is 30.9 Å². The molecule has 1 N–H and O–H groups in total. The van der Waals surface area contributed by atoms with Crippen molar-refractivity contribution in [2.75, 3.05) is 19.8 Å². The van der Waals surface area contributed by atoms with Crippen molar-refractivity contribution in [2.45, 2.75) is 44.1 Å². The molecule has 2 aromatic rings.